The lowest BCUT2D eigenvalue weighted by molar-refractivity contribution is 0.0998. The Balaban J connectivity index is 1.25. The molecule has 0 saturated heterocycles. The van der Waals surface area contributed by atoms with Gasteiger partial charge < -0.3 is 22.1 Å². The van der Waals surface area contributed by atoms with E-state index in [0.717, 1.165) is 17.8 Å². The van der Waals surface area contributed by atoms with E-state index in [1.54, 1.807) is 48.5 Å². The van der Waals surface area contributed by atoms with Gasteiger partial charge in [0.1, 0.15) is 0 Å². The van der Waals surface area contributed by atoms with E-state index in [1.165, 1.54) is 11.1 Å². The highest BCUT2D eigenvalue weighted by molar-refractivity contribution is 5.99. The van der Waals surface area contributed by atoms with Gasteiger partial charge in [-0.1, -0.05) is 24.3 Å². The Labute approximate surface area is 205 Å². The second-order valence-corrected chi connectivity index (χ2v) is 8.37. The SMILES string of the molecule is Nc1ccc(C(=O)CNc2ccc(Cc3ccc(NCC(=O)c4ccc(N)cc4)cc3)cc2)cc1. The van der Waals surface area contributed by atoms with E-state index < -0.39 is 0 Å². The molecule has 0 heterocycles. The van der Waals surface area contributed by atoms with Gasteiger partial charge in [-0.05, 0) is 90.3 Å². The van der Waals surface area contributed by atoms with Crippen LogP contribution in [0.15, 0.2) is 97.1 Å². The summed E-state index contributed by atoms with van der Waals surface area (Å²) in [5, 5.41) is 6.34. The summed E-state index contributed by atoms with van der Waals surface area (Å²) in [6, 6.07) is 30.0. The number of ketones is 2. The first kappa shape index (κ1) is 23.6. The van der Waals surface area contributed by atoms with Crippen molar-refractivity contribution < 1.29 is 9.59 Å². The zero-order valence-corrected chi connectivity index (χ0v) is 19.3. The highest BCUT2D eigenvalue weighted by atomic mass is 16.1. The monoisotopic (exact) mass is 464 g/mol. The predicted octanol–water partition coefficient (Wildman–Crippen LogP) is 5.03. The number of carbonyl (C=O) groups is 2. The van der Waals surface area contributed by atoms with Gasteiger partial charge in [-0.25, -0.2) is 0 Å². The molecule has 4 rings (SSSR count). The van der Waals surface area contributed by atoms with Crippen LogP contribution in [0.2, 0.25) is 0 Å². The molecule has 0 bridgehead atoms. The number of hydrogen-bond donors (Lipinski definition) is 4. The third-order valence-electron chi connectivity index (χ3n) is 5.69. The molecule has 0 amide bonds. The number of rotatable bonds is 10. The summed E-state index contributed by atoms with van der Waals surface area (Å²) in [4.78, 5) is 24.6. The lowest BCUT2D eigenvalue weighted by Gasteiger charge is -2.09. The van der Waals surface area contributed by atoms with E-state index >= 15 is 0 Å². The van der Waals surface area contributed by atoms with Gasteiger partial charge in [-0.15, -0.1) is 0 Å². The summed E-state index contributed by atoms with van der Waals surface area (Å²) in [6.45, 7) is 0.442. The van der Waals surface area contributed by atoms with Crippen LogP contribution in [-0.2, 0) is 6.42 Å². The zero-order valence-electron chi connectivity index (χ0n) is 19.3. The Kier molecular flexibility index (Phi) is 7.43. The topological polar surface area (TPSA) is 110 Å². The van der Waals surface area contributed by atoms with Crippen LogP contribution in [0.4, 0.5) is 22.7 Å². The molecule has 0 aliphatic rings. The van der Waals surface area contributed by atoms with Crippen molar-refractivity contribution in [1.29, 1.82) is 0 Å². The van der Waals surface area contributed by atoms with Crippen molar-refractivity contribution >= 4 is 34.3 Å². The number of nitrogen functional groups attached to an aromatic ring is 2. The number of nitrogens with two attached hydrogens (primary N) is 2. The first-order chi connectivity index (χ1) is 17.0. The Morgan fingerprint density at radius 1 is 0.514 bits per heavy atom. The maximum absolute atomic E-state index is 12.3. The van der Waals surface area contributed by atoms with Gasteiger partial charge in [0, 0.05) is 33.9 Å². The van der Waals surface area contributed by atoms with Gasteiger partial charge in [0.25, 0.3) is 0 Å². The van der Waals surface area contributed by atoms with Crippen LogP contribution in [0.1, 0.15) is 31.8 Å². The number of carbonyl (C=O) groups excluding carboxylic acids is 2. The molecule has 0 unspecified atom stereocenters. The summed E-state index contributed by atoms with van der Waals surface area (Å²) in [7, 11) is 0. The van der Waals surface area contributed by atoms with Crippen LogP contribution in [0.5, 0.6) is 0 Å². The molecular weight excluding hydrogens is 436 g/mol. The van der Waals surface area contributed by atoms with Crippen molar-refractivity contribution in [3.05, 3.63) is 119 Å². The molecule has 4 aromatic carbocycles. The molecule has 6 N–H and O–H groups in total. The van der Waals surface area contributed by atoms with Crippen LogP contribution in [-0.4, -0.2) is 24.7 Å². The molecule has 35 heavy (non-hydrogen) atoms. The van der Waals surface area contributed by atoms with Crippen LogP contribution < -0.4 is 22.1 Å². The van der Waals surface area contributed by atoms with Gasteiger partial charge >= 0.3 is 0 Å². The number of nitrogens with one attached hydrogen (secondary N) is 2. The molecular formula is C29H28N4O2. The van der Waals surface area contributed by atoms with Crippen molar-refractivity contribution in [2.24, 2.45) is 0 Å². The van der Waals surface area contributed by atoms with Crippen molar-refractivity contribution in [3.8, 4) is 0 Å². The molecule has 0 aliphatic carbocycles. The zero-order chi connectivity index (χ0) is 24.6. The Morgan fingerprint density at radius 3 is 1.20 bits per heavy atom. The fourth-order valence-electron chi connectivity index (χ4n) is 3.62. The molecule has 6 nitrogen and oxygen atoms in total. The summed E-state index contributed by atoms with van der Waals surface area (Å²) >= 11 is 0. The van der Waals surface area contributed by atoms with E-state index in [1.807, 2.05) is 48.5 Å². The number of benzene rings is 4. The maximum Gasteiger partial charge on any atom is 0.181 e. The Hall–Kier alpha value is -4.58. The quantitative estimate of drug-likeness (QED) is 0.194. The van der Waals surface area contributed by atoms with E-state index in [0.29, 0.717) is 22.5 Å². The van der Waals surface area contributed by atoms with Crippen molar-refractivity contribution in [3.63, 3.8) is 0 Å². The lowest BCUT2D eigenvalue weighted by Crippen LogP contribution is -2.14. The fraction of sp³-hybridized carbons (Fsp3) is 0.103. The molecule has 0 atom stereocenters. The molecule has 6 heteroatoms. The molecule has 176 valence electrons. The molecule has 0 radical (unpaired) electrons. The molecule has 0 spiro atoms. The Bertz CT molecular complexity index is 1180. The highest BCUT2D eigenvalue weighted by Crippen LogP contribution is 2.17. The average Bonchev–Trinajstić information content (AvgIpc) is 2.88. The van der Waals surface area contributed by atoms with Crippen LogP contribution in [0.25, 0.3) is 0 Å². The number of Topliss-reactive ketones (excluding diaryl/α,β-unsaturated/α-hetero) is 2. The normalized spacial score (nSPS) is 10.5. The molecule has 0 aromatic heterocycles. The van der Waals surface area contributed by atoms with Crippen molar-refractivity contribution in [1.82, 2.24) is 0 Å². The van der Waals surface area contributed by atoms with Gasteiger partial charge in [0.05, 0.1) is 13.1 Å². The number of anilines is 4. The molecule has 0 saturated carbocycles. The molecule has 4 aromatic rings. The lowest BCUT2D eigenvalue weighted by atomic mass is 10.0. The van der Waals surface area contributed by atoms with Crippen LogP contribution >= 0.6 is 0 Å². The minimum Gasteiger partial charge on any atom is -0.399 e. The molecule has 0 fully saturated rings. The second kappa shape index (κ2) is 11.0. The first-order valence-corrected chi connectivity index (χ1v) is 11.4. The van der Waals surface area contributed by atoms with Gasteiger partial charge in [-0.3, -0.25) is 9.59 Å². The standard InChI is InChI=1S/C29H28N4O2/c30-24-9-5-22(6-10-24)28(34)18-32-26-13-1-20(2-14-26)17-21-3-15-27(16-4-21)33-19-29(35)23-7-11-25(31)12-8-23/h1-16,32-33H,17-19,30-31H2. The summed E-state index contributed by atoms with van der Waals surface area (Å²) in [6.07, 6.45) is 0.787. The smallest absolute Gasteiger partial charge is 0.181 e. The average molecular weight is 465 g/mol. The van der Waals surface area contributed by atoms with E-state index in [-0.39, 0.29) is 24.7 Å². The summed E-state index contributed by atoms with van der Waals surface area (Å²) in [5.41, 5.74) is 18.0. The highest BCUT2D eigenvalue weighted by Gasteiger charge is 2.07. The maximum atomic E-state index is 12.3. The van der Waals surface area contributed by atoms with E-state index in [2.05, 4.69) is 10.6 Å². The first-order valence-electron chi connectivity index (χ1n) is 11.4. The number of hydrogen-bond acceptors (Lipinski definition) is 6. The van der Waals surface area contributed by atoms with Crippen molar-refractivity contribution in [2.45, 2.75) is 6.42 Å². The van der Waals surface area contributed by atoms with Crippen molar-refractivity contribution in [2.75, 3.05) is 35.2 Å². The largest absolute Gasteiger partial charge is 0.399 e. The van der Waals surface area contributed by atoms with E-state index in [4.69, 9.17) is 11.5 Å². The summed E-state index contributed by atoms with van der Waals surface area (Å²) in [5.74, 6) is 0.0240. The third-order valence-corrected chi connectivity index (χ3v) is 5.69. The minimum absolute atomic E-state index is 0.0120. The molecule has 0 aliphatic heterocycles. The van der Waals surface area contributed by atoms with Crippen LogP contribution in [0, 0.1) is 0 Å². The van der Waals surface area contributed by atoms with Crippen LogP contribution in [0.3, 0.4) is 0 Å². The van der Waals surface area contributed by atoms with Gasteiger partial charge in [0.15, 0.2) is 11.6 Å². The third kappa shape index (κ3) is 6.71. The minimum atomic E-state index is 0.0120. The van der Waals surface area contributed by atoms with Gasteiger partial charge in [-0.2, -0.15) is 0 Å². The van der Waals surface area contributed by atoms with E-state index in [9.17, 15) is 9.59 Å². The fourth-order valence-corrected chi connectivity index (χ4v) is 3.62. The van der Waals surface area contributed by atoms with Gasteiger partial charge in [0.2, 0.25) is 0 Å². The predicted molar refractivity (Wildman–Crippen MR) is 143 cm³/mol. The summed E-state index contributed by atoms with van der Waals surface area (Å²) < 4.78 is 0. The second-order valence-electron chi connectivity index (χ2n) is 8.37. The Morgan fingerprint density at radius 2 is 0.857 bits per heavy atom.